The summed E-state index contributed by atoms with van der Waals surface area (Å²) in [6.45, 7) is 1.50. The van der Waals surface area contributed by atoms with E-state index in [9.17, 15) is 35.5 Å². The minimum atomic E-state index is -4.95. The van der Waals surface area contributed by atoms with Crippen molar-refractivity contribution in [3.05, 3.63) is 70.5 Å². The van der Waals surface area contributed by atoms with Crippen molar-refractivity contribution in [2.24, 2.45) is 0 Å². The molecule has 2 heterocycles. The van der Waals surface area contributed by atoms with Crippen molar-refractivity contribution in [1.29, 1.82) is 0 Å². The number of ether oxygens (including phenoxy) is 1. The van der Waals surface area contributed by atoms with Crippen molar-refractivity contribution in [3.63, 3.8) is 0 Å². The van der Waals surface area contributed by atoms with Crippen molar-refractivity contribution in [3.8, 4) is 0 Å². The molecule has 202 valence electrons. The standard InChI is InChI=1S/C26H27F7N2O2/c27-21-3-1-17(2-4-21)18-7-9-35(10-8-18)22-5-6-23(37-15-22)24(36)34-14-16-11-19(25(28,29)30)13-20(12-16)26(31,32)33/h1-4,11-13,18,22-23H,5-10,14-15H2,(H,34,36)/t22-,23?/m1/s1. The van der Waals surface area contributed by atoms with Crippen molar-refractivity contribution >= 4 is 5.91 Å². The van der Waals surface area contributed by atoms with E-state index in [2.05, 4.69) is 10.2 Å². The van der Waals surface area contributed by atoms with Gasteiger partial charge in [0.2, 0.25) is 5.91 Å². The molecule has 4 rings (SSSR count). The minimum Gasteiger partial charge on any atom is -0.367 e. The first-order valence-corrected chi connectivity index (χ1v) is 12.1. The summed E-state index contributed by atoms with van der Waals surface area (Å²) in [5, 5.41) is 2.41. The van der Waals surface area contributed by atoms with Gasteiger partial charge in [-0.1, -0.05) is 12.1 Å². The lowest BCUT2D eigenvalue weighted by molar-refractivity contribution is -0.143. The molecule has 0 aromatic heterocycles. The molecule has 2 aromatic carbocycles. The maximum atomic E-state index is 13.2. The van der Waals surface area contributed by atoms with Gasteiger partial charge in [-0.3, -0.25) is 9.69 Å². The Morgan fingerprint density at radius 3 is 2.00 bits per heavy atom. The van der Waals surface area contributed by atoms with Gasteiger partial charge < -0.3 is 10.1 Å². The number of piperidine rings is 1. The van der Waals surface area contributed by atoms with Crippen LogP contribution in [0.1, 0.15) is 53.9 Å². The number of nitrogens with one attached hydrogen (secondary N) is 1. The molecule has 1 unspecified atom stereocenters. The maximum Gasteiger partial charge on any atom is 0.416 e. The summed E-state index contributed by atoms with van der Waals surface area (Å²) in [7, 11) is 0. The summed E-state index contributed by atoms with van der Waals surface area (Å²) in [6.07, 6.45) is -7.80. The molecule has 2 fully saturated rings. The van der Waals surface area contributed by atoms with Crippen LogP contribution in [0.25, 0.3) is 0 Å². The molecule has 4 nitrogen and oxygen atoms in total. The van der Waals surface area contributed by atoms with Crippen LogP contribution in [-0.2, 0) is 28.4 Å². The van der Waals surface area contributed by atoms with Gasteiger partial charge in [-0.15, -0.1) is 0 Å². The summed E-state index contributed by atoms with van der Waals surface area (Å²) in [5.41, 5.74) is -2.04. The summed E-state index contributed by atoms with van der Waals surface area (Å²) >= 11 is 0. The van der Waals surface area contributed by atoms with Gasteiger partial charge in [0.15, 0.2) is 0 Å². The molecular weight excluding hydrogens is 505 g/mol. The second-order valence-corrected chi connectivity index (χ2v) is 9.55. The highest BCUT2D eigenvalue weighted by atomic mass is 19.4. The topological polar surface area (TPSA) is 41.6 Å². The van der Waals surface area contributed by atoms with Gasteiger partial charge in [0, 0.05) is 12.6 Å². The van der Waals surface area contributed by atoms with Crippen LogP contribution in [-0.4, -0.2) is 42.6 Å². The van der Waals surface area contributed by atoms with Crippen LogP contribution in [0.3, 0.4) is 0 Å². The maximum absolute atomic E-state index is 13.2. The Kier molecular flexibility index (Phi) is 8.13. The van der Waals surface area contributed by atoms with Gasteiger partial charge in [-0.05, 0) is 86.1 Å². The molecule has 0 spiro atoms. The zero-order chi connectivity index (χ0) is 26.8. The van der Waals surface area contributed by atoms with Gasteiger partial charge in [0.25, 0.3) is 0 Å². The Hall–Kier alpha value is -2.66. The van der Waals surface area contributed by atoms with Gasteiger partial charge in [-0.25, -0.2) is 4.39 Å². The van der Waals surface area contributed by atoms with Gasteiger partial charge in [0.05, 0.1) is 17.7 Å². The summed E-state index contributed by atoms with van der Waals surface area (Å²) < 4.78 is 97.2. The summed E-state index contributed by atoms with van der Waals surface area (Å²) in [5.74, 6) is -0.479. The normalized spacial score (nSPS) is 22.1. The Morgan fingerprint density at radius 1 is 0.892 bits per heavy atom. The van der Waals surface area contributed by atoms with Gasteiger partial charge in [-0.2, -0.15) is 26.3 Å². The fraction of sp³-hybridized carbons (Fsp3) is 0.500. The Labute approximate surface area is 209 Å². The fourth-order valence-electron chi connectivity index (χ4n) is 4.99. The Morgan fingerprint density at radius 2 is 1.49 bits per heavy atom. The van der Waals surface area contributed by atoms with E-state index >= 15 is 0 Å². The molecule has 0 saturated carbocycles. The molecule has 2 saturated heterocycles. The van der Waals surface area contributed by atoms with E-state index in [4.69, 9.17) is 4.74 Å². The van der Waals surface area contributed by atoms with Crippen LogP contribution in [0.4, 0.5) is 30.7 Å². The minimum absolute atomic E-state index is 0.0537. The molecule has 11 heteroatoms. The molecule has 2 aliphatic heterocycles. The average Bonchev–Trinajstić information content (AvgIpc) is 2.87. The zero-order valence-corrected chi connectivity index (χ0v) is 19.8. The fourth-order valence-corrected chi connectivity index (χ4v) is 4.99. The number of halogens is 7. The quantitative estimate of drug-likeness (QED) is 0.487. The van der Waals surface area contributed by atoms with Crippen LogP contribution in [0.5, 0.6) is 0 Å². The third kappa shape index (κ3) is 7.01. The second-order valence-electron chi connectivity index (χ2n) is 9.55. The third-order valence-electron chi connectivity index (χ3n) is 7.05. The number of carbonyl (C=O) groups excluding carboxylic acids is 1. The van der Waals surface area contributed by atoms with Crippen molar-refractivity contribution in [1.82, 2.24) is 10.2 Å². The number of likely N-dealkylation sites (tertiary alicyclic amines) is 1. The molecule has 2 atom stereocenters. The number of benzene rings is 2. The highest BCUT2D eigenvalue weighted by molar-refractivity contribution is 5.80. The van der Waals surface area contributed by atoms with Gasteiger partial charge in [0.1, 0.15) is 11.9 Å². The number of rotatable bonds is 5. The SMILES string of the molecule is O=C(NCc1cc(C(F)(F)F)cc(C(F)(F)F)c1)C1CC[C@@H](N2CCC(c3ccc(F)cc3)CC2)CO1. The molecule has 0 aliphatic carbocycles. The van der Waals surface area contributed by atoms with Gasteiger partial charge >= 0.3 is 12.4 Å². The first-order valence-electron chi connectivity index (χ1n) is 12.1. The number of carbonyl (C=O) groups is 1. The zero-order valence-electron chi connectivity index (χ0n) is 19.8. The summed E-state index contributed by atoms with van der Waals surface area (Å²) in [4.78, 5) is 14.8. The van der Waals surface area contributed by atoms with E-state index in [-0.39, 0.29) is 23.5 Å². The molecule has 1 amide bonds. The Balaban J connectivity index is 1.26. The molecular formula is C26H27F7N2O2. The van der Waals surface area contributed by atoms with E-state index in [0.717, 1.165) is 31.5 Å². The van der Waals surface area contributed by atoms with E-state index in [1.165, 1.54) is 12.1 Å². The number of alkyl halides is 6. The Bertz CT molecular complexity index is 1040. The van der Waals surface area contributed by atoms with E-state index in [0.29, 0.717) is 37.5 Å². The van der Waals surface area contributed by atoms with Crippen molar-refractivity contribution < 1.29 is 40.3 Å². The number of hydrogen-bond donors (Lipinski definition) is 1. The predicted octanol–water partition coefficient (Wildman–Crippen LogP) is 5.91. The third-order valence-corrected chi connectivity index (χ3v) is 7.05. The molecule has 0 bridgehead atoms. The summed E-state index contributed by atoms with van der Waals surface area (Å²) in [6, 6.07) is 7.92. The molecule has 37 heavy (non-hydrogen) atoms. The lowest BCUT2D eigenvalue weighted by Crippen LogP contribution is -2.49. The first kappa shape index (κ1) is 27.4. The highest BCUT2D eigenvalue weighted by Crippen LogP contribution is 2.36. The van der Waals surface area contributed by atoms with Crippen molar-refractivity contribution in [2.45, 2.75) is 62.6 Å². The molecule has 0 radical (unpaired) electrons. The lowest BCUT2D eigenvalue weighted by Gasteiger charge is -2.40. The molecule has 1 N–H and O–H groups in total. The molecule has 2 aromatic rings. The number of amides is 1. The van der Waals surface area contributed by atoms with Crippen LogP contribution in [0.15, 0.2) is 42.5 Å². The highest BCUT2D eigenvalue weighted by Gasteiger charge is 2.37. The smallest absolute Gasteiger partial charge is 0.367 e. The average molecular weight is 533 g/mol. The van der Waals surface area contributed by atoms with Crippen molar-refractivity contribution in [2.75, 3.05) is 19.7 Å². The second kappa shape index (κ2) is 11.0. The number of nitrogens with zero attached hydrogens (tertiary/aromatic N) is 1. The van der Waals surface area contributed by atoms with Crippen LogP contribution in [0, 0.1) is 5.82 Å². The first-order chi connectivity index (χ1) is 17.4. The number of hydrogen-bond acceptors (Lipinski definition) is 3. The van der Waals surface area contributed by atoms with E-state index in [1.807, 2.05) is 12.1 Å². The van der Waals surface area contributed by atoms with Crippen LogP contribution in [0.2, 0.25) is 0 Å². The molecule has 2 aliphatic rings. The van der Waals surface area contributed by atoms with Crippen LogP contribution >= 0.6 is 0 Å². The van der Waals surface area contributed by atoms with E-state index < -0.39 is 42.0 Å². The van der Waals surface area contributed by atoms with E-state index in [1.54, 1.807) is 0 Å². The monoisotopic (exact) mass is 532 g/mol. The largest absolute Gasteiger partial charge is 0.416 e. The van der Waals surface area contributed by atoms with Crippen LogP contribution < -0.4 is 5.32 Å². The lowest BCUT2D eigenvalue weighted by atomic mass is 9.88. The predicted molar refractivity (Wildman–Crippen MR) is 121 cm³/mol.